The molecule has 0 aromatic carbocycles. The lowest BCUT2D eigenvalue weighted by molar-refractivity contribution is 0.389. The van der Waals surface area contributed by atoms with E-state index in [2.05, 4.69) is 15.8 Å². The first-order valence-corrected chi connectivity index (χ1v) is 6.13. The van der Waals surface area contributed by atoms with Crippen LogP contribution >= 0.6 is 12.2 Å². The molecular weight excluding hydrogens is 206 g/mol. The highest BCUT2D eigenvalue weighted by atomic mass is 32.1. The third-order valence-electron chi connectivity index (χ3n) is 3.44. The normalized spacial score (nSPS) is 32.5. The second-order valence-corrected chi connectivity index (χ2v) is 5.33. The highest BCUT2D eigenvalue weighted by molar-refractivity contribution is 7.80. The number of nitrogens with zero attached hydrogens (tertiary/aromatic N) is 1. The van der Waals surface area contributed by atoms with E-state index in [0.717, 1.165) is 17.5 Å². The molecule has 84 valence electrons. The van der Waals surface area contributed by atoms with Gasteiger partial charge in [-0.15, -0.1) is 0 Å². The van der Waals surface area contributed by atoms with Crippen molar-refractivity contribution in [1.29, 1.82) is 0 Å². The van der Waals surface area contributed by atoms with Crippen molar-refractivity contribution in [2.75, 3.05) is 0 Å². The topological polar surface area (TPSA) is 36.4 Å². The van der Waals surface area contributed by atoms with Gasteiger partial charge in [0.15, 0.2) is 5.11 Å². The molecule has 4 heteroatoms. The Morgan fingerprint density at radius 3 is 2.60 bits per heavy atom. The molecule has 0 unspecified atom stereocenters. The largest absolute Gasteiger partial charge is 0.358 e. The molecule has 15 heavy (non-hydrogen) atoms. The second-order valence-electron chi connectivity index (χ2n) is 4.93. The van der Waals surface area contributed by atoms with Crippen LogP contribution in [0.4, 0.5) is 0 Å². The minimum atomic E-state index is 0.594. The van der Waals surface area contributed by atoms with Crippen molar-refractivity contribution in [2.45, 2.75) is 45.6 Å². The summed E-state index contributed by atoms with van der Waals surface area (Å²) >= 11 is 5.20. The van der Waals surface area contributed by atoms with E-state index in [-0.39, 0.29) is 0 Å². The van der Waals surface area contributed by atoms with Crippen LogP contribution in [0.2, 0.25) is 0 Å². The second kappa shape index (κ2) is 4.47. The Bertz CT molecular complexity index is 284. The van der Waals surface area contributed by atoms with Crippen LogP contribution in [-0.4, -0.2) is 16.9 Å². The number of hydrazone groups is 1. The van der Waals surface area contributed by atoms with Gasteiger partial charge in [-0.05, 0) is 57.2 Å². The summed E-state index contributed by atoms with van der Waals surface area (Å²) in [7, 11) is 0. The third kappa shape index (κ3) is 2.68. The van der Waals surface area contributed by atoms with Gasteiger partial charge in [0.25, 0.3) is 0 Å². The summed E-state index contributed by atoms with van der Waals surface area (Å²) in [5, 5.41) is 8.15. The van der Waals surface area contributed by atoms with Crippen LogP contribution in [-0.2, 0) is 0 Å². The standard InChI is InChI=1S/C11H19N3S/c1-7(2)13-14-11(15)12-10-6-8-3-4-9(10)5-8/h8-10H,3-6H2,1-2H3,(H2,12,14,15)/t8-,9-,10+/m0/s1. The molecule has 0 aliphatic heterocycles. The van der Waals surface area contributed by atoms with Gasteiger partial charge in [-0.2, -0.15) is 5.10 Å². The number of hydrogen-bond acceptors (Lipinski definition) is 2. The highest BCUT2D eigenvalue weighted by Gasteiger charge is 2.39. The summed E-state index contributed by atoms with van der Waals surface area (Å²) in [6, 6.07) is 0.594. The molecule has 0 radical (unpaired) electrons. The average Bonchev–Trinajstić information content (AvgIpc) is 2.76. The molecule has 3 nitrogen and oxygen atoms in total. The zero-order valence-corrected chi connectivity index (χ0v) is 10.2. The van der Waals surface area contributed by atoms with E-state index in [9.17, 15) is 0 Å². The maximum Gasteiger partial charge on any atom is 0.187 e. The van der Waals surface area contributed by atoms with Crippen molar-refractivity contribution in [1.82, 2.24) is 10.7 Å². The van der Waals surface area contributed by atoms with Gasteiger partial charge in [0, 0.05) is 11.8 Å². The molecule has 0 saturated heterocycles. The smallest absolute Gasteiger partial charge is 0.187 e. The lowest BCUT2D eigenvalue weighted by atomic mass is 9.96. The van der Waals surface area contributed by atoms with Gasteiger partial charge in [0.05, 0.1) is 0 Å². The molecule has 2 aliphatic carbocycles. The van der Waals surface area contributed by atoms with Crippen molar-refractivity contribution < 1.29 is 0 Å². The van der Waals surface area contributed by atoms with Gasteiger partial charge >= 0.3 is 0 Å². The van der Waals surface area contributed by atoms with E-state index >= 15 is 0 Å². The molecule has 3 atom stereocenters. The Hall–Kier alpha value is -0.640. The van der Waals surface area contributed by atoms with Crippen LogP contribution in [0.5, 0.6) is 0 Å². The molecule has 0 heterocycles. The summed E-state index contributed by atoms with van der Waals surface area (Å²) in [4.78, 5) is 0. The van der Waals surface area contributed by atoms with Gasteiger partial charge in [-0.3, -0.25) is 5.43 Å². The first-order valence-electron chi connectivity index (χ1n) is 5.72. The van der Waals surface area contributed by atoms with Crippen molar-refractivity contribution in [3.8, 4) is 0 Å². The van der Waals surface area contributed by atoms with E-state index < -0.39 is 0 Å². The Labute approximate surface area is 96.7 Å². The summed E-state index contributed by atoms with van der Waals surface area (Å²) in [5.74, 6) is 1.80. The fourth-order valence-corrected chi connectivity index (χ4v) is 2.98. The molecule has 2 aliphatic rings. The molecule has 2 N–H and O–H groups in total. The minimum Gasteiger partial charge on any atom is -0.358 e. The van der Waals surface area contributed by atoms with E-state index in [0.29, 0.717) is 11.2 Å². The van der Waals surface area contributed by atoms with Gasteiger partial charge in [-0.1, -0.05) is 6.42 Å². The SMILES string of the molecule is CC(C)=NNC(=S)N[C@@H]1C[C@H]2CC[C@H]1C2. The molecular formula is C11H19N3S. The van der Waals surface area contributed by atoms with E-state index in [1.54, 1.807) is 0 Å². The quantitative estimate of drug-likeness (QED) is 0.429. The molecule has 2 rings (SSSR count). The van der Waals surface area contributed by atoms with E-state index in [1.807, 2.05) is 13.8 Å². The summed E-state index contributed by atoms with van der Waals surface area (Å²) in [6.45, 7) is 3.90. The highest BCUT2D eigenvalue weighted by Crippen LogP contribution is 2.44. The molecule has 0 aromatic heterocycles. The molecule has 0 aromatic rings. The molecule has 0 spiro atoms. The van der Waals surface area contributed by atoms with Crippen LogP contribution in [0.3, 0.4) is 0 Å². The Morgan fingerprint density at radius 1 is 1.27 bits per heavy atom. The zero-order chi connectivity index (χ0) is 10.8. The van der Waals surface area contributed by atoms with Crippen LogP contribution in [0, 0.1) is 11.8 Å². The van der Waals surface area contributed by atoms with Crippen molar-refractivity contribution in [2.24, 2.45) is 16.9 Å². The minimum absolute atomic E-state index is 0.594. The van der Waals surface area contributed by atoms with Crippen LogP contribution in [0.25, 0.3) is 0 Å². The van der Waals surface area contributed by atoms with Gasteiger partial charge in [0.2, 0.25) is 0 Å². The predicted octanol–water partition coefficient (Wildman–Crippen LogP) is 2.03. The lowest BCUT2D eigenvalue weighted by Crippen LogP contribution is -2.42. The summed E-state index contributed by atoms with van der Waals surface area (Å²) in [6.07, 6.45) is 5.49. The maximum atomic E-state index is 5.20. The monoisotopic (exact) mass is 225 g/mol. The molecule has 2 fully saturated rings. The Kier molecular flexibility index (Phi) is 3.24. The Morgan fingerprint density at radius 2 is 2.07 bits per heavy atom. The lowest BCUT2D eigenvalue weighted by Gasteiger charge is -2.23. The molecule has 2 bridgehead atoms. The van der Waals surface area contributed by atoms with Gasteiger partial charge in [0.1, 0.15) is 0 Å². The number of hydrogen-bond donors (Lipinski definition) is 2. The molecule has 0 amide bonds. The predicted molar refractivity (Wildman–Crippen MR) is 66.9 cm³/mol. The summed E-state index contributed by atoms with van der Waals surface area (Å²) < 4.78 is 0. The first kappa shape index (κ1) is 10.9. The van der Waals surface area contributed by atoms with E-state index in [1.165, 1.54) is 25.7 Å². The fraction of sp³-hybridized carbons (Fsp3) is 0.818. The van der Waals surface area contributed by atoms with Crippen LogP contribution in [0.15, 0.2) is 5.10 Å². The van der Waals surface area contributed by atoms with Crippen molar-refractivity contribution >= 4 is 23.0 Å². The summed E-state index contributed by atoms with van der Waals surface area (Å²) in [5.41, 5.74) is 3.87. The zero-order valence-electron chi connectivity index (χ0n) is 9.42. The average molecular weight is 225 g/mol. The first-order chi connectivity index (χ1) is 7.15. The fourth-order valence-electron chi connectivity index (χ4n) is 2.78. The van der Waals surface area contributed by atoms with Crippen molar-refractivity contribution in [3.05, 3.63) is 0 Å². The number of rotatable bonds is 2. The van der Waals surface area contributed by atoms with Gasteiger partial charge in [-0.25, -0.2) is 0 Å². The third-order valence-corrected chi connectivity index (χ3v) is 3.64. The van der Waals surface area contributed by atoms with Crippen molar-refractivity contribution in [3.63, 3.8) is 0 Å². The number of nitrogens with one attached hydrogen (secondary N) is 2. The maximum absolute atomic E-state index is 5.20. The van der Waals surface area contributed by atoms with Gasteiger partial charge < -0.3 is 5.32 Å². The van der Waals surface area contributed by atoms with Crippen LogP contribution in [0.1, 0.15) is 39.5 Å². The Balaban J connectivity index is 1.77. The number of fused-ring (bicyclic) bond motifs is 2. The number of thiocarbonyl (C=S) groups is 1. The van der Waals surface area contributed by atoms with Crippen LogP contribution < -0.4 is 10.7 Å². The van der Waals surface area contributed by atoms with E-state index in [4.69, 9.17) is 12.2 Å². The molecule has 2 saturated carbocycles.